The highest BCUT2D eigenvalue weighted by Gasteiger charge is 2.14. The summed E-state index contributed by atoms with van der Waals surface area (Å²) in [5, 5.41) is 0. The van der Waals surface area contributed by atoms with Gasteiger partial charge in [0.25, 0.3) is 0 Å². The monoisotopic (exact) mass is 221 g/mol. The van der Waals surface area contributed by atoms with Crippen LogP contribution in [0.4, 0.5) is 0 Å². The molecule has 0 aromatic heterocycles. The van der Waals surface area contributed by atoms with Gasteiger partial charge in [0.05, 0.1) is 12.7 Å². The van der Waals surface area contributed by atoms with E-state index in [0.29, 0.717) is 12.4 Å². The third-order valence-corrected chi connectivity index (χ3v) is 2.94. The van der Waals surface area contributed by atoms with E-state index in [1.54, 1.807) is 25.8 Å². The van der Waals surface area contributed by atoms with Gasteiger partial charge in [-0.25, -0.2) is 0 Å². The lowest BCUT2D eigenvalue weighted by Gasteiger charge is -2.12. The highest BCUT2D eigenvalue weighted by molar-refractivity contribution is 7.99. The van der Waals surface area contributed by atoms with Crippen molar-refractivity contribution >= 4 is 17.7 Å². The van der Waals surface area contributed by atoms with Crippen molar-refractivity contribution in [3.05, 3.63) is 0 Å². The quantitative estimate of drug-likeness (QED) is 0.639. The first kappa shape index (κ1) is 13.7. The molecular formula is C9H19NO3S. The second kappa shape index (κ2) is 8.08. The maximum absolute atomic E-state index is 11.1. The van der Waals surface area contributed by atoms with E-state index in [0.717, 1.165) is 5.75 Å². The number of nitrogens with two attached hydrogens (primary N) is 1. The van der Waals surface area contributed by atoms with E-state index in [4.69, 9.17) is 15.2 Å². The molecule has 2 atom stereocenters. The summed E-state index contributed by atoms with van der Waals surface area (Å²) in [4.78, 5) is 11.1. The molecular weight excluding hydrogens is 202 g/mol. The molecule has 0 saturated carbocycles. The first-order valence-corrected chi connectivity index (χ1v) is 5.80. The largest absolute Gasteiger partial charge is 0.465 e. The van der Waals surface area contributed by atoms with Crippen LogP contribution in [0.3, 0.4) is 0 Å². The Hall–Kier alpha value is -0.260. The predicted octanol–water partition coefficient (Wildman–Crippen LogP) is 0.645. The molecule has 0 aliphatic heterocycles. The van der Waals surface area contributed by atoms with Gasteiger partial charge in [0, 0.05) is 18.6 Å². The number of carbonyl (C=O) groups excluding carboxylic acids is 1. The lowest BCUT2D eigenvalue weighted by molar-refractivity contribution is -0.144. The van der Waals surface area contributed by atoms with E-state index < -0.39 is 6.04 Å². The van der Waals surface area contributed by atoms with Gasteiger partial charge >= 0.3 is 5.97 Å². The van der Waals surface area contributed by atoms with E-state index in [2.05, 4.69) is 0 Å². The lowest BCUT2D eigenvalue weighted by atomic mass is 10.4. The molecule has 2 N–H and O–H groups in total. The van der Waals surface area contributed by atoms with Gasteiger partial charge in [-0.05, 0) is 13.8 Å². The highest BCUT2D eigenvalue weighted by Crippen LogP contribution is 2.06. The molecule has 0 fully saturated rings. The Bertz CT molecular complexity index is 166. The molecule has 0 bridgehead atoms. The molecule has 0 aromatic carbocycles. The number of hydrogen-bond donors (Lipinski definition) is 1. The third-order valence-electron chi connectivity index (χ3n) is 1.64. The fourth-order valence-electron chi connectivity index (χ4n) is 0.746. The van der Waals surface area contributed by atoms with Crippen LogP contribution >= 0.6 is 11.8 Å². The van der Waals surface area contributed by atoms with E-state index in [1.807, 2.05) is 6.92 Å². The Kier molecular flexibility index (Phi) is 7.93. The predicted molar refractivity (Wildman–Crippen MR) is 58.4 cm³/mol. The Morgan fingerprint density at radius 3 is 2.64 bits per heavy atom. The molecule has 14 heavy (non-hydrogen) atoms. The zero-order chi connectivity index (χ0) is 11.0. The van der Waals surface area contributed by atoms with Gasteiger partial charge in [-0.15, -0.1) is 0 Å². The molecule has 0 spiro atoms. The van der Waals surface area contributed by atoms with E-state index in [9.17, 15) is 4.79 Å². The van der Waals surface area contributed by atoms with Crippen LogP contribution in [0.15, 0.2) is 0 Å². The molecule has 0 heterocycles. The van der Waals surface area contributed by atoms with Gasteiger partial charge < -0.3 is 15.2 Å². The van der Waals surface area contributed by atoms with Gasteiger partial charge in [-0.2, -0.15) is 11.8 Å². The first-order chi connectivity index (χ1) is 6.61. The minimum Gasteiger partial charge on any atom is -0.465 e. The van der Waals surface area contributed by atoms with Gasteiger partial charge in [-0.1, -0.05) is 0 Å². The summed E-state index contributed by atoms with van der Waals surface area (Å²) in [5.74, 6) is 1.08. The Labute approximate surface area is 89.5 Å². The fourth-order valence-corrected chi connectivity index (χ4v) is 1.74. The minimum absolute atomic E-state index is 0.189. The van der Waals surface area contributed by atoms with E-state index >= 15 is 0 Å². The molecule has 0 rings (SSSR count). The van der Waals surface area contributed by atoms with E-state index in [1.165, 1.54) is 0 Å². The Morgan fingerprint density at radius 2 is 2.14 bits per heavy atom. The number of hydrogen-bond acceptors (Lipinski definition) is 5. The molecule has 0 saturated heterocycles. The van der Waals surface area contributed by atoms with E-state index in [-0.39, 0.29) is 12.1 Å². The van der Waals surface area contributed by atoms with Crippen molar-refractivity contribution in [2.24, 2.45) is 5.73 Å². The molecule has 0 aliphatic carbocycles. The molecule has 5 heteroatoms. The van der Waals surface area contributed by atoms with Gasteiger partial charge in [0.15, 0.2) is 0 Å². The third kappa shape index (κ3) is 6.23. The molecule has 84 valence electrons. The lowest BCUT2D eigenvalue weighted by Crippen LogP contribution is -2.35. The van der Waals surface area contributed by atoms with Crippen molar-refractivity contribution in [2.75, 3.05) is 25.2 Å². The number of methoxy groups -OCH3 is 1. The van der Waals surface area contributed by atoms with Gasteiger partial charge in [0.2, 0.25) is 0 Å². The maximum atomic E-state index is 11.1. The molecule has 0 aromatic rings. The summed E-state index contributed by atoms with van der Waals surface area (Å²) in [7, 11) is 1.66. The highest BCUT2D eigenvalue weighted by atomic mass is 32.2. The van der Waals surface area contributed by atoms with Crippen LogP contribution in [0.25, 0.3) is 0 Å². The summed E-state index contributed by atoms with van der Waals surface area (Å²) in [6.45, 7) is 4.12. The smallest absolute Gasteiger partial charge is 0.323 e. The standard InChI is InChI=1S/C9H19NO3S/c1-4-13-9(11)8(10)6-14-5-7(2)12-3/h7-8H,4-6,10H2,1-3H3. The summed E-state index contributed by atoms with van der Waals surface area (Å²) < 4.78 is 9.84. The van der Waals surface area contributed by atoms with Gasteiger partial charge in [0.1, 0.15) is 6.04 Å². The topological polar surface area (TPSA) is 61.5 Å². The number of esters is 1. The van der Waals surface area contributed by atoms with Crippen molar-refractivity contribution in [1.82, 2.24) is 0 Å². The first-order valence-electron chi connectivity index (χ1n) is 4.64. The summed E-state index contributed by atoms with van der Waals surface area (Å²) in [6, 6.07) is -0.524. The normalized spacial score (nSPS) is 14.9. The van der Waals surface area contributed by atoms with Crippen molar-refractivity contribution in [1.29, 1.82) is 0 Å². The Morgan fingerprint density at radius 1 is 1.50 bits per heavy atom. The SMILES string of the molecule is CCOC(=O)C(N)CSCC(C)OC. The zero-order valence-corrected chi connectivity index (χ0v) is 9.80. The number of carbonyl (C=O) groups is 1. The average molecular weight is 221 g/mol. The summed E-state index contributed by atoms with van der Waals surface area (Å²) in [5.41, 5.74) is 5.59. The number of thioether (sulfide) groups is 1. The minimum atomic E-state index is -0.524. The van der Waals surface area contributed by atoms with Crippen molar-refractivity contribution < 1.29 is 14.3 Å². The van der Waals surface area contributed by atoms with Crippen LogP contribution in [0.2, 0.25) is 0 Å². The zero-order valence-electron chi connectivity index (χ0n) is 8.99. The second-order valence-corrected chi connectivity index (χ2v) is 4.02. The molecule has 2 unspecified atom stereocenters. The second-order valence-electron chi connectivity index (χ2n) is 2.94. The van der Waals surface area contributed by atoms with Crippen LogP contribution < -0.4 is 5.73 Å². The summed E-state index contributed by atoms with van der Waals surface area (Å²) in [6.07, 6.45) is 0.189. The van der Waals surface area contributed by atoms with Crippen LogP contribution in [-0.4, -0.2) is 43.3 Å². The maximum Gasteiger partial charge on any atom is 0.323 e. The van der Waals surface area contributed by atoms with Crippen LogP contribution in [0, 0.1) is 0 Å². The van der Waals surface area contributed by atoms with Crippen molar-refractivity contribution in [3.8, 4) is 0 Å². The molecule has 4 nitrogen and oxygen atoms in total. The Balaban J connectivity index is 3.52. The fraction of sp³-hybridized carbons (Fsp3) is 0.889. The average Bonchev–Trinajstić information content (AvgIpc) is 2.17. The van der Waals surface area contributed by atoms with Crippen LogP contribution in [0.1, 0.15) is 13.8 Å². The molecule has 0 radical (unpaired) electrons. The number of ether oxygens (including phenoxy) is 2. The molecule has 0 aliphatic rings. The van der Waals surface area contributed by atoms with Crippen molar-refractivity contribution in [2.45, 2.75) is 26.0 Å². The van der Waals surface area contributed by atoms with Crippen LogP contribution in [0.5, 0.6) is 0 Å². The molecule has 0 amide bonds. The van der Waals surface area contributed by atoms with Gasteiger partial charge in [-0.3, -0.25) is 4.79 Å². The van der Waals surface area contributed by atoms with Crippen LogP contribution in [-0.2, 0) is 14.3 Å². The summed E-state index contributed by atoms with van der Waals surface area (Å²) >= 11 is 1.60. The van der Waals surface area contributed by atoms with Crippen molar-refractivity contribution in [3.63, 3.8) is 0 Å². The number of rotatable bonds is 7.